The third-order valence-corrected chi connectivity index (χ3v) is 2.47. The van der Waals surface area contributed by atoms with Gasteiger partial charge in [0, 0.05) is 11.9 Å². The second-order valence-corrected chi connectivity index (χ2v) is 3.32. The molecule has 2 aromatic rings. The maximum atomic E-state index is 5.57. The summed E-state index contributed by atoms with van der Waals surface area (Å²) in [4.78, 5) is 0. The first-order valence-electron chi connectivity index (χ1n) is 4.41. The molecule has 0 fully saturated rings. The van der Waals surface area contributed by atoms with Crippen molar-refractivity contribution in [3.8, 4) is 0 Å². The number of aryl methyl sites for hydroxylation is 2. The van der Waals surface area contributed by atoms with Crippen molar-refractivity contribution in [3.05, 3.63) is 35.1 Å². The number of furan rings is 1. The van der Waals surface area contributed by atoms with E-state index >= 15 is 0 Å². The standard InChI is InChI=1S/C11H13NO.ClH/c1-7-8(2)13-11-4-3-9(6-12)5-10(7)11;/h3-5H,6,12H2,1-2H3;1H. The van der Waals surface area contributed by atoms with Gasteiger partial charge < -0.3 is 10.2 Å². The molecule has 0 aliphatic heterocycles. The first-order chi connectivity index (χ1) is 6.22. The van der Waals surface area contributed by atoms with E-state index in [9.17, 15) is 0 Å². The van der Waals surface area contributed by atoms with Gasteiger partial charge in [0.25, 0.3) is 0 Å². The fourth-order valence-electron chi connectivity index (χ4n) is 1.52. The van der Waals surface area contributed by atoms with E-state index in [1.54, 1.807) is 0 Å². The van der Waals surface area contributed by atoms with Crippen molar-refractivity contribution >= 4 is 23.4 Å². The van der Waals surface area contributed by atoms with Gasteiger partial charge in [0.15, 0.2) is 0 Å². The summed E-state index contributed by atoms with van der Waals surface area (Å²) in [5.41, 5.74) is 8.88. The van der Waals surface area contributed by atoms with Crippen LogP contribution in [-0.2, 0) is 6.54 Å². The summed E-state index contributed by atoms with van der Waals surface area (Å²) < 4.78 is 5.56. The molecule has 0 spiro atoms. The average molecular weight is 212 g/mol. The minimum absolute atomic E-state index is 0. The van der Waals surface area contributed by atoms with Crippen LogP contribution in [0.2, 0.25) is 0 Å². The van der Waals surface area contributed by atoms with Crippen molar-refractivity contribution in [2.45, 2.75) is 20.4 Å². The Morgan fingerprint density at radius 3 is 2.64 bits per heavy atom. The number of hydrogen-bond acceptors (Lipinski definition) is 2. The molecular formula is C11H14ClNO. The minimum atomic E-state index is 0. The van der Waals surface area contributed by atoms with Crippen molar-refractivity contribution in [2.24, 2.45) is 5.73 Å². The smallest absolute Gasteiger partial charge is 0.134 e. The van der Waals surface area contributed by atoms with Crippen LogP contribution < -0.4 is 5.73 Å². The van der Waals surface area contributed by atoms with Crippen molar-refractivity contribution in [1.29, 1.82) is 0 Å². The van der Waals surface area contributed by atoms with Gasteiger partial charge in [-0.3, -0.25) is 0 Å². The highest BCUT2D eigenvalue weighted by molar-refractivity contribution is 5.85. The van der Waals surface area contributed by atoms with E-state index in [1.165, 1.54) is 10.9 Å². The van der Waals surface area contributed by atoms with Crippen LogP contribution in [0, 0.1) is 13.8 Å². The molecule has 0 aliphatic carbocycles. The Balaban J connectivity index is 0.000000980. The molecule has 0 unspecified atom stereocenters. The molecule has 3 heteroatoms. The molecule has 2 rings (SSSR count). The summed E-state index contributed by atoms with van der Waals surface area (Å²) in [7, 11) is 0. The minimum Gasteiger partial charge on any atom is -0.461 e. The second kappa shape index (κ2) is 4.03. The van der Waals surface area contributed by atoms with Gasteiger partial charge in [0.1, 0.15) is 11.3 Å². The summed E-state index contributed by atoms with van der Waals surface area (Å²) in [5.74, 6) is 0.990. The molecule has 0 saturated heterocycles. The number of fused-ring (bicyclic) bond motifs is 1. The third kappa shape index (κ3) is 1.63. The predicted octanol–water partition coefficient (Wildman–Crippen LogP) is 2.93. The van der Waals surface area contributed by atoms with Gasteiger partial charge in [-0.05, 0) is 37.1 Å². The highest BCUT2D eigenvalue weighted by atomic mass is 35.5. The summed E-state index contributed by atoms with van der Waals surface area (Å²) in [6.07, 6.45) is 0. The van der Waals surface area contributed by atoms with E-state index in [1.807, 2.05) is 19.1 Å². The molecule has 1 aromatic carbocycles. The molecule has 2 nitrogen and oxygen atoms in total. The summed E-state index contributed by atoms with van der Waals surface area (Å²) in [6, 6.07) is 6.09. The lowest BCUT2D eigenvalue weighted by Gasteiger charge is -1.95. The summed E-state index contributed by atoms with van der Waals surface area (Å²) >= 11 is 0. The lowest BCUT2D eigenvalue weighted by atomic mass is 10.1. The van der Waals surface area contributed by atoms with Crippen molar-refractivity contribution in [3.63, 3.8) is 0 Å². The van der Waals surface area contributed by atoms with Crippen molar-refractivity contribution in [1.82, 2.24) is 0 Å². The molecule has 0 amide bonds. The van der Waals surface area contributed by atoms with E-state index in [4.69, 9.17) is 10.2 Å². The largest absolute Gasteiger partial charge is 0.461 e. The number of nitrogens with two attached hydrogens (primary N) is 1. The van der Waals surface area contributed by atoms with Gasteiger partial charge in [-0.1, -0.05) is 6.07 Å². The van der Waals surface area contributed by atoms with Crippen LogP contribution in [0.3, 0.4) is 0 Å². The van der Waals surface area contributed by atoms with Crippen molar-refractivity contribution in [2.75, 3.05) is 0 Å². The van der Waals surface area contributed by atoms with E-state index in [2.05, 4.69) is 13.0 Å². The molecule has 0 aliphatic rings. The van der Waals surface area contributed by atoms with Crippen LogP contribution in [0.5, 0.6) is 0 Å². The Bertz CT molecular complexity index is 448. The molecular weight excluding hydrogens is 198 g/mol. The van der Waals surface area contributed by atoms with Crippen LogP contribution in [-0.4, -0.2) is 0 Å². The van der Waals surface area contributed by atoms with Crippen LogP contribution in [0.15, 0.2) is 22.6 Å². The number of benzene rings is 1. The van der Waals surface area contributed by atoms with Gasteiger partial charge in [-0.15, -0.1) is 12.4 Å². The molecule has 0 bridgehead atoms. The fourth-order valence-corrected chi connectivity index (χ4v) is 1.52. The molecule has 1 aromatic heterocycles. The number of rotatable bonds is 1. The Hall–Kier alpha value is -0.990. The number of hydrogen-bond donors (Lipinski definition) is 1. The number of halogens is 1. The quantitative estimate of drug-likeness (QED) is 0.788. The molecule has 2 N–H and O–H groups in total. The first kappa shape index (κ1) is 11.1. The third-order valence-electron chi connectivity index (χ3n) is 2.47. The van der Waals surface area contributed by atoms with Crippen LogP contribution in [0.4, 0.5) is 0 Å². The Morgan fingerprint density at radius 2 is 2.00 bits per heavy atom. The van der Waals surface area contributed by atoms with E-state index in [0.29, 0.717) is 6.54 Å². The highest BCUT2D eigenvalue weighted by Crippen LogP contribution is 2.25. The highest BCUT2D eigenvalue weighted by Gasteiger charge is 2.06. The predicted molar refractivity (Wildman–Crippen MR) is 60.8 cm³/mol. The zero-order valence-electron chi connectivity index (χ0n) is 8.33. The molecule has 0 radical (unpaired) electrons. The molecule has 14 heavy (non-hydrogen) atoms. The maximum absolute atomic E-state index is 5.57. The summed E-state index contributed by atoms with van der Waals surface area (Å²) in [5, 5.41) is 1.18. The van der Waals surface area contributed by atoms with E-state index in [-0.39, 0.29) is 12.4 Å². The van der Waals surface area contributed by atoms with Crippen LogP contribution in [0.25, 0.3) is 11.0 Å². The van der Waals surface area contributed by atoms with Gasteiger partial charge in [-0.25, -0.2) is 0 Å². The topological polar surface area (TPSA) is 39.2 Å². The second-order valence-electron chi connectivity index (χ2n) is 3.32. The van der Waals surface area contributed by atoms with Crippen molar-refractivity contribution < 1.29 is 4.42 Å². The normalized spacial score (nSPS) is 10.2. The SMILES string of the molecule is Cc1oc2ccc(CN)cc2c1C.Cl. The van der Waals surface area contributed by atoms with Crippen LogP contribution in [0.1, 0.15) is 16.9 Å². The zero-order chi connectivity index (χ0) is 9.42. The van der Waals surface area contributed by atoms with E-state index in [0.717, 1.165) is 16.9 Å². The molecule has 0 saturated carbocycles. The monoisotopic (exact) mass is 211 g/mol. The first-order valence-corrected chi connectivity index (χ1v) is 4.41. The lowest BCUT2D eigenvalue weighted by Crippen LogP contribution is -1.94. The van der Waals surface area contributed by atoms with Gasteiger partial charge >= 0.3 is 0 Å². The van der Waals surface area contributed by atoms with E-state index < -0.39 is 0 Å². The lowest BCUT2D eigenvalue weighted by molar-refractivity contribution is 0.575. The zero-order valence-corrected chi connectivity index (χ0v) is 9.15. The molecule has 0 atom stereocenters. The van der Waals surface area contributed by atoms with Gasteiger partial charge in [0.2, 0.25) is 0 Å². The Labute approximate surface area is 89.5 Å². The molecule has 1 heterocycles. The molecule has 76 valence electrons. The fraction of sp³-hybridized carbons (Fsp3) is 0.273. The van der Waals surface area contributed by atoms with Crippen LogP contribution >= 0.6 is 12.4 Å². The van der Waals surface area contributed by atoms with Gasteiger partial charge in [-0.2, -0.15) is 0 Å². The average Bonchev–Trinajstić information content (AvgIpc) is 2.43. The Morgan fingerprint density at radius 1 is 1.29 bits per heavy atom. The maximum Gasteiger partial charge on any atom is 0.134 e. The summed E-state index contributed by atoms with van der Waals surface area (Å²) in [6.45, 7) is 4.64. The Kier molecular flexibility index (Phi) is 3.19. The van der Waals surface area contributed by atoms with Gasteiger partial charge in [0.05, 0.1) is 0 Å².